The second-order valence-electron chi connectivity index (χ2n) is 1.43. The molecule has 0 radical (unpaired) electrons. The Labute approximate surface area is 53.9 Å². The molecule has 1 amide bonds. The maximum absolute atomic E-state index is 10.4. The molecule has 0 aromatic rings. The SMILES string of the molecule is CN=C(C)NC(=O)OC. The van der Waals surface area contributed by atoms with Crippen molar-refractivity contribution in [1.82, 2.24) is 5.32 Å². The Morgan fingerprint density at radius 2 is 2.22 bits per heavy atom. The van der Waals surface area contributed by atoms with Gasteiger partial charge in [0.2, 0.25) is 0 Å². The molecule has 0 atom stereocenters. The van der Waals surface area contributed by atoms with Crippen molar-refractivity contribution < 1.29 is 9.53 Å². The lowest BCUT2D eigenvalue weighted by molar-refractivity contribution is 0.177. The quantitative estimate of drug-likeness (QED) is 0.381. The van der Waals surface area contributed by atoms with E-state index < -0.39 is 6.09 Å². The number of hydrogen-bond donors (Lipinski definition) is 1. The zero-order valence-corrected chi connectivity index (χ0v) is 5.76. The van der Waals surface area contributed by atoms with Crippen LogP contribution in [0, 0.1) is 0 Å². The maximum atomic E-state index is 10.4. The molecule has 0 unspecified atom stereocenters. The topological polar surface area (TPSA) is 50.7 Å². The van der Waals surface area contributed by atoms with Crippen molar-refractivity contribution in [2.45, 2.75) is 6.92 Å². The third kappa shape index (κ3) is 3.52. The van der Waals surface area contributed by atoms with Gasteiger partial charge < -0.3 is 4.74 Å². The fourth-order valence-electron chi connectivity index (χ4n) is 0.255. The molecule has 0 bridgehead atoms. The molecule has 0 saturated carbocycles. The van der Waals surface area contributed by atoms with E-state index in [1.54, 1.807) is 14.0 Å². The number of carbonyl (C=O) groups excluding carboxylic acids is 1. The molecule has 0 aliphatic heterocycles. The number of hydrogen-bond acceptors (Lipinski definition) is 3. The standard InChI is InChI=1S/C5H10N2O2/c1-4(6-2)7-5(8)9-3/h1-3H3,(H,6,7,8). The fraction of sp³-hybridized carbons (Fsp3) is 0.600. The minimum atomic E-state index is -0.488. The van der Waals surface area contributed by atoms with Gasteiger partial charge in [-0.15, -0.1) is 0 Å². The molecule has 9 heavy (non-hydrogen) atoms. The van der Waals surface area contributed by atoms with Crippen molar-refractivity contribution in [3.05, 3.63) is 0 Å². The summed E-state index contributed by atoms with van der Waals surface area (Å²) in [6, 6.07) is 0. The fourth-order valence-corrected chi connectivity index (χ4v) is 0.255. The van der Waals surface area contributed by atoms with E-state index in [9.17, 15) is 4.79 Å². The van der Waals surface area contributed by atoms with Gasteiger partial charge >= 0.3 is 6.09 Å². The molecular weight excluding hydrogens is 120 g/mol. The number of amidine groups is 1. The van der Waals surface area contributed by atoms with Crippen molar-refractivity contribution in [3.8, 4) is 0 Å². The highest BCUT2D eigenvalue weighted by Crippen LogP contribution is 1.72. The predicted octanol–water partition coefficient (Wildman–Crippen LogP) is 0.391. The van der Waals surface area contributed by atoms with Crippen LogP contribution in [0.2, 0.25) is 0 Å². The molecule has 0 aliphatic carbocycles. The highest BCUT2D eigenvalue weighted by Gasteiger charge is 1.96. The zero-order valence-electron chi connectivity index (χ0n) is 5.76. The largest absolute Gasteiger partial charge is 0.453 e. The van der Waals surface area contributed by atoms with E-state index in [0.717, 1.165) is 0 Å². The molecule has 0 aromatic carbocycles. The van der Waals surface area contributed by atoms with Crippen LogP contribution in [0.4, 0.5) is 4.79 Å². The summed E-state index contributed by atoms with van der Waals surface area (Å²) in [5.74, 6) is 0.543. The van der Waals surface area contributed by atoms with E-state index in [4.69, 9.17) is 0 Å². The Morgan fingerprint density at radius 1 is 1.67 bits per heavy atom. The molecule has 0 aromatic heterocycles. The van der Waals surface area contributed by atoms with E-state index in [-0.39, 0.29) is 0 Å². The Bertz CT molecular complexity index is 131. The summed E-state index contributed by atoms with van der Waals surface area (Å²) < 4.78 is 4.29. The molecule has 52 valence electrons. The van der Waals surface area contributed by atoms with E-state index in [1.807, 2.05) is 0 Å². The molecule has 0 saturated heterocycles. The average molecular weight is 130 g/mol. The molecule has 0 aliphatic rings. The molecule has 0 spiro atoms. The van der Waals surface area contributed by atoms with Crippen LogP contribution in [0.1, 0.15) is 6.92 Å². The summed E-state index contributed by atoms with van der Waals surface area (Å²) >= 11 is 0. The molecule has 0 fully saturated rings. The number of aliphatic imine (C=N–C) groups is 1. The monoisotopic (exact) mass is 130 g/mol. The summed E-state index contributed by atoms with van der Waals surface area (Å²) in [5, 5.41) is 2.37. The number of alkyl carbamates (subject to hydrolysis) is 1. The van der Waals surface area contributed by atoms with E-state index >= 15 is 0 Å². The van der Waals surface area contributed by atoms with Crippen LogP contribution in [0.3, 0.4) is 0 Å². The maximum Gasteiger partial charge on any atom is 0.412 e. The first-order valence-electron chi connectivity index (χ1n) is 2.49. The lowest BCUT2D eigenvalue weighted by Crippen LogP contribution is -2.27. The van der Waals surface area contributed by atoms with Gasteiger partial charge in [-0.25, -0.2) is 4.79 Å². The summed E-state index contributed by atoms with van der Waals surface area (Å²) in [4.78, 5) is 14.0. The van der Waals surface area contributed by atoms with E-state index in [1.165, 1.54) is 7.11 Å². The Kier molecular flexibility index (Phi) is 3.43. The molecule has 0 rings (SSSR count). The van der Waals surface area contributed by atoms with Gasteiger partial charge in [-0.2, -0.15) is 0 Å². The number of methoxy groups -OCH3 is 1. The molecule has 0 heterocycles. The third-order valence-corrected chi connectivity index (χ3v) is 0.804. The van der Waals surface area contributed by atoms with Crippen LogP contribution >= 0.6 is 0 Å². The summed E-state index contributed by atoms with van der Waals surface area (Å²) in [5.41, 5.74) is 0. The predicted molar refractivity (Wildman–Crippen MR) is 34.6 cm³/mol. The van der Waals surface area contributed by atoms with Crippen LogP contribution in [0.5, 0.6) is 0 Å². The van der Waals surface area contributed by atoms with Gasteiger partial charge in [0.15, 0.2) is 0 Å². The van der Waals surface area contributed by atoms with Crippen LogP contribution in [0.25, 0.3) is 0 Å². The number of rotatable bonds is 0. The van der Waals surface area contributed by atoms with Crippen LogP contribution in [0.15, 0.2) is 4.99 Å². The molecular formula is C5H10N2O2. The van der Waals surface area contributed by atoms with Crippen molar-refractivity contribution >= 4 is 11.9 Å². The van der Waals surface area contributed by atoms with Gasteiger partial charge in [-0.1, -0.05) is 0 Å². The summed E-state index contributed by atoms with van der Waals surface area (Å²) in [6.45, 7) is 1.68. The van der Waals surface area contributed by atoms with Gasteiger partial charge in [0.1, 0.15) is 5.84 Å². The van der Waals surface area contributed by atoms with Gasteiger partial charge in [-0.3, -0.25) is 10.3 Å². The van der Waals surface area contributed by atoms with Crippen LogP contribution in [-0.2, 0) is 4.74 Å². The van der Waals surface area contributed by atoms with Crippen molar-refractivity contribution in [2.24, 2.45) is 4.99 Å². The van der Waals surface area contributed by atoms with Gasteiger partial charge in [-0.05, 0) is 6.92 Å². The highest BCUT2D eigenvalue weighted by molar-refractivity contribution is 5.93. The number of carbonyl (C=O) groups is 1. The average Bonchev–Trinajstić information content (AvgIpc) is 1.87. The first-order valence-corrected chi connectivity index (χ1v) is 2.49. The Balaban J connectivity index is 3.60. The number of nitrogens with zero attached hydrogens (tertiary/aromatic N) is 1. The molecule has 4 nitrogen and oxygen atoms in total. The lowest BCUT2D eigenvalue weighted by atomic mass is 10.7. The zero-order chi connectivity index (χ0) is 7.28. The lowest BCUT2D eigenvalue weighted by Gasteiger charge is -1.99. The first-order chi connectivity index (χ1) is 4.20. The summed E-state index contributed by atoms with van der Waals surface area (Å²) in [7, 11) is 2.89. The minimum absolute atomic E-state index is 0.488. The van der Waals surface area contributed by atoms with E-state index in [2.05, 4.69) is 15.0 Å². The summed E-state index contributed by atoms with van der Waals surface area (Å²) in [6.07, 6.45) is -0.488. The Morgan fingerprint density at radius 3 is 2.56 bits per heavy atom. The van der Waals surface area contributed by atoms with Crippen molar-refractivity contribution in [2.75, 3.05) is 14.2 Å². The van der Waals surface area contributed by atoms with Crippen molar-refractivity contribution in [3.63, 3.8) is 0 Å². The number of nitrogens with one attached hydrogen (secondary N) is 1. The Hall–Kier alpha value is -1.06. The van der Waals surface area contributed by atoms with Gasteiger partial charge in [0, 0.05) is 7.05 Å². The smallest absolute Gasteiger partial charge is 0.412 e. The van der Waals surface area contributed by atoms with Crippen molar-refractivity contribution in [1.29, 1.82) is 0 Å². The number of ether oxygens (including phenoxy) is 1. The van der Waals surface area contributed by atoms with Gasteiger partial charge in [0.25, 0.3) is 0 Å². The normalized spacial score (nSPS) is 10.8. The van der Waals surface area contributed by atoms with Crippen LogP contribution in [-0.4, -0.2) is 26.1 Å². The number of amides is 1. The minimum Gasteiger partial charge on any atom is -0.453 e. The highest BCUT2D eigenvalue weighted by atomic mass is 16.5. The second kappa shape index (κ2) is 3.88. The second-order valence-corrected chi connectivity index (χ2v) is 1.43. The van der Waals surface area contributed by atoms with Gasteiger partial charge in [0.05, 0.1) is 7.11 Å². The molecule has 1 N–H and O–H groups in total. The van der Waals surface area contributed by atoms with Crippen LogP contribution < -0.4 is 5.32 Å². The first kappa shape index (κ1) is 7.94. The third-order valence-electron chi connectivity index (χ3n) is 0.804. The molecule has 4 heteroatoms. The van der Waals surface area contributed by atoms with E-state index in [0.29, 0.717) is 5.84 Å².